The van der Waals surface area contributed by atoms with Crippen LogP contribution in [0.5, 0.6) is 0 Å². The molecule has 0 spiro atoms. The fraction of sp³-hybridized carbons (Fsp3) is 0.750. The lowest BCUT2D eigenvalue weighted by atomic mass is 10.4. The van der Waals surface area contributed by atoms with E-state index < -0.39 is 0 Å². The molecule has 1 aromatic heterocycles. The first-order valence-electron chi connectivity index (χ1n) is 8.23. The van der Waals surface area contributed by atoms with E-state index >= 15 is 0 Å². The van der Waals surface area contributed by atoms with Crippen molar-refractivity contribution in [3.63, 3.8) is 0 Å². The van der Waals surface area contributed by atoms with Crippen molar-refractivity contribution in [3.8, 4) is 0 Å². The van der Waals surface area contributed by atoms with Crippen molar-refractivity contribution in [2.45, 2.75) is 39.7 Å². The van der Waals surface area contributed by atoms with Gasteiger partial charge in [-0.25, -0.2) is 9.98 Å². The summed E-state index contributed by atoms with van der Waals surface area (Å²) >= 11 is 1.75. The first-order valence-corrected chi connectivity index (χ1v) is 9.05. The molecule has 0 unspecified atom stereocenters. The molecule has 0 amide bonds. The van der Waals surface area contributed by atoms with Crippen LogP contribution in [0.1, 0.15) is 36.6 Å². The number of nitrogens with one attached hydrogen (secondary N) is 1. The average Bonchev–Trinajstić information content (AvgIpc) is 3.24. The minimum absolute atomic E-state index is 0. The van der Waals surface area contributed by atoms with Crippen molar-refractivity contribution >= 4 is 41.3 Å². The van der Waals surface area contributed by atoms with Crippen LogP contribution in [0.4, 0.5) is 0 Å². The third-order valence-electron chi connectivity index (χ3n) is 3.63. The van der Waals surface area contributed by atoms with Crippen molar-refractivity contribution in [3.05, 3.63) is 16.1 Å². The molecule has 1 aromatic rings. The number of hydrogen-bond donors (Lipinski definition) is 1. The van der Waals surface area contributed by atoms with Gasteiger partial charge in [0.15, 0.2) is 5.96 Å². The van der Waals surface area contributed by atoms with Gasteiger partial charge in [0, 0.05) is 37.8 Å². The normalized spacial score (nSPS) is 14.5. The van der Waals surface area contributed by atoms with E-state index in [9.17, 15) is 0 Å². The number of nitrogens with zero attached hydrogens (tertiary/aromatic N) is 3. The molecular formula is C16H29IN4OS. The number of guanidine groups is 1. The molecule has 7 heteroatoms. The lowest BCUT2D eigenvalue weighted by Crippen LogP contribution is -2.40. The molecule has 1 heterocycles. The molecule has 1 saturated carbocycles. The first-order chi connectivity index (χ1) is 10.7. The number of likely N-dealkylation sites (N-methyl/N-ethyl adjacent to an activating group) is 1. The van der Waals surface area contributed by atoms with E-state index in [1.807, 2.05) is 6.20 Å². The Labute approximate surface area is 160 Å². The summed E-state index contributed by atoms with van der Waals surface area (Å²) in [6, 6.07) is 0. The van der Waals surface area contributed by atoms with Gasteiger partial charge in [-0.05, 0) is 32.1 Å². The molecule has 0 atom stereocenters. The van der Waals surface area contributed by atoms with Crippen molar-refractivity contribution < 1.29 is 4.74 Å². The number of rotatable bonds is 9. The molecule has 1 fully saturated rings. The highest BCUT2D eigenvalue weighted by atomic mass is 127. The van der Waals surface area contributed by atoms with E-state index in [1.54, 1.807) is 11.3 Å². The van der Waals surface area contributed by atoms with Crippen LogP contribution in [0, 0.1) is 5.92 Å². The molecule has 23 heavy (non-hydrogen) atoms. The van der Waals surface area contributed by atoms with Crippen LogP contribution in [-0.2, 0) is 17.7 Å². The second-order valence-corrected chi connectivity index (χ2v) is 6.88. The minimum atomic E-state index is 0. The Morgan fingerprint density at radius 1 is 1.48 bits per heavy atom. The van der Waals surface area contributed by atoms with E-state index in [4.69, 9.17) is 4.74 Å². The van der Waals surface area contributed by atoms with E-state index in [0.717, 1.165) is 49.6 Å². The van der Waals surface area contributed by atoms with Crippen molar-refractivity contribution in [1.82, 2.24) is 15.2 Å². The largest absolute Gasteiger partial charge is 0.379 e. The Morgan fingerprint density at radius 2 is 2.26 bits per heavy atom. The number of thiazole rings is 1. The Morgan fingerprint density at radius 3 is 2.87 bits per heavy atom. The van der Waals surface area contributed by atoms with E-state index in [0.29, 0.717) is 6.54 Å². The van der Waals surface area contributed by atoms with Gasteiger partial charge < -0.3 is 15.0 Å². The summed E-state index contributed by atoms with van der Waals surface area (Å²) in [4.78, 5) is 12.5. The van der Waals surface area contributed by atoms with E-state index in [1.165, 1.54) is 17.7 Å². The minimum Gasteiger partial charge on any atom is -0.379 e. The van der Waals surface area contributed by atoms with Gasteiger partial charge in [-0.3, -0.25) is 0 Å². The quantitative estimate of drug-likeness (QED) is 0.271. The zero-order chi connectivity index (χ0) is 15.8. The molecule has 132 valence electrons. The van der Waals surface area contributed by atoms with Gasteiger partial charge in [-0.1, -0.05) is 6.92 Å². The summed E-state index contributed by atoms with van der Waals surface area (Å²) in [6.45, 7) is 8.28. The zero-order valence-corrected chi connectivity index (χ0v) is 17.5. The number of aliphatic imine (C=N–C) groups is 1. The van der Waals surface area contributed by atoms with Crippen LogP contribution < -0.4 is 5.32 Å². The molecule has 0 radical (unpaired) electrons. The van der Waals surface area contributed by atoms with Crippen molar-refractivity contribution in [1.29, 1.82) is 0 Å². The first kappa shape index (κ1) is 20.6. The third kappa shape index (κ3) is 7.80. The molecule has 0 aliphatic heterocycles. The van der Waals surface area contributed by atoms with Crippen LogP contribution in [0.25, 0.3) is 0 Å². The number of aryl methyl sites for hydroxylation is 1. The zero-order valence-electron chi connectivity index (χ0n) is 14.4. The predicted molar refractivity (Wildman–Crippen MR) is 108 cm³/mol. The van der Waals surface area contributed by atoms with E-state index in [-0.39, 0.29) is 24.0 Å². The van der Waals surface area contributed by atoms with Crippen LogP contribution in [-0.4, -0.2) is 49.2 Å². The lowest BCUT2D eigenvalue weighted by molar-refractivity contribution is 0.115. The van der Waals surface area contributed by atoms with Gasteiger partial charge >= 0.3 is 0 Å². The summed E-state index contributed by atoms with van der Waals surface area (Å²) in [5.41, 5.74) is 0. The van der Waals surface area contributed by atoms with Gasteiger partial charge in [-0.2, -0.15) is 0 Å². The SMILES string of the molecule is CCNC(=NCc1ncc(CC)s1)N(C)CCOCC1CC1.I. The summed E-state index contributed by atoms with van der Waals surface area (Å²) in [5.74, 6) is 1.75. The Kier molecular flexibility index (Phi) is 10.0. The lowest BCUT2D eigenvalue weighted by Gasteiger charge is -2.21. The summed E-state index contributed by atoms with van der Waals surface area (Å²) in [5, 5.41) is 4.41. The van der Waals surface area contributed by atoms with E-state index in [2.05, 4.69) is 41.1 Å². The van der Waals surface area contributed by atoms with Crippen LogP contribution in [0.3, 0.4) is 0 Å². The molecule has 1 aliphatic rings. The highest BCUT2D eigenvalue weighted by Crippen LogP contribution is 2.28. The Hall–Kier alpha value is -0.410. The fourth-order valence-electron chi connectivity index (χ4n) is 2.04. The summed E-state index contributed by atoms with van der Waals surface area (Å²) < 4.78 is 5.70. The summed E-state index contributed by atoms with van der Waals surface area (Å²) in [7, 11) is 2.06. The third-order valence-corrected chi connectivity index (χ3v) is 4.76. The fourth-order valence-corrected chi connectivity index (χ4v) is 2.83. The van der Waals surface area contributed by atoms with Gasteiger partial charge in [0.2, 0.25) is 0 Å². The van der Waals surface area contributed by atoms with Gasteiger partial charge in [0.25, 0.3) is 0 Å². The molecule has 5 nitrogen and oxygen atoms in total. The number of hydrogen-bond acceptors (Lipinski definition) is 4. The molecule has 0 bridgehead atoms. The number of halogens is 1. The highest BCUT2D eigenvalue weighted by molar-refractivity contribution is 14.0. The highest BCUT2D eigenvalue weighted by Gasteiger charge is 2.21. The maximum Gasteiger partial charge on any atom is 0.194 e. The number of ether oxygens (including phenoxy) is 1. The molecule has 1 N–H and O–H groups in total. The topological polar surface area (TPSA) is 49.8 Å². The van der Waals surface area contributed by atoms with Crippen LogP contribution >= 0.6 is 35.3 Å². The van der Waals surface area contributed by atoms with Crippen molar-refractivity contribution in [2.75, 3.05) is 33.4 Å². The molecule has 1 aliphatic carbocycles. The maximum absolute atomic E-state index is 5.70. The monoisotopic (exact) mass is 452 g/mol. The Bertz CT molecular complexity index is 476. The average molecular weight is 452 g/mol. The standard InChI is InChI=1S/C16H28N4OS.HI/c1-4-14-10-18-15(22-14)11-19-16(17-5-2)20(3)8-9-21-12-13-6-7-13;/h10,13H,4-9,11-12H2,1-3H3,(H,17,19);1H. The molecular weight excluding hydrogens is 423 g/mol. The number of aromatic nitrogens is 1. The van der Waals surface area contributed by atoms with Crippen molar-refractivity contribution in [2.24, 2.45) is 10.9 Å². The second-order valence-electron chi connectivity index (χ2n) is 5.68. The van der Waals surface area contributed by atoms with Crippen LogP contribution in [0.15, 0.2) is 11.2 Å². The second kappa shape index (κ2) is 11.2. The predicted octanol–water partition coefficient (Wildman–Crippen LogP) is 3.15. The molecule has 0 saturated heterocycles. The maximum atomic E-state index is 5.70. The smallest absolute Gasteiger partial charge is 0.194 e. The van der Waals surface area contributed by atoms with Crippen LogP contribution in [0.2, 0.25) is 0 Å². The van der Waals surface area contributed by atoms with Gasteiger partial charge in [-0.15, -0.1) is 35.3 Å². The Balaban J connectivity index is 0.00000264. The summed E-state index contributed by atoms with van der Waals surface area (Å²) in [6.07, 6.45) is 5.68. The van der Waals surface area contributed by atoms with Gasteiger partial charge in [0.1, 0.15) is 5.01 Å². The van der Waals surface area contributed by atoms with Gasteiger partial charge in [0.05, 0.1) is 13.2 Å². The molecule has 0 aromatic carbocycles. The molecule has 2 rings (SSSR count).